The summed E-state index contributed by atoms with van der Waals surface area (Å²) >= 11 is 5.59. The Balaban J connectivity index is 1.61. The van der Waals surface area contributed by atoms with Gasteiger partial charge in [0, 0.05) is 6.42 Å². The topological polar surface area (TPSA) is 77.8 Å². The van der Waals surface area contributed by atoms with Crippen molar-refractivity contribution in [3.8, 4) is 0 Å². The number of aliphatic hydroxyl groups excluding tert-OH is 3. The van der Waals surface area contributed by atoms with E-state index in [4.69, 9.17) is 11.6 Å². The van der Waals surface area contributed by atoms with Gasteiger partial charge >= 0.3 is 0 Å². The normalized spacial score (nSPS) is 52.9. The predicted octanol–water partition coefficient (Wildman–Crippen LogP) is 4.13. The highest BCUT2D eigenvalue weighted by molar-refractivity contribution is 6.63. The number of carbonyl (C=O) groups excluding carboxylic acids is 1. The second-order valence-electron chi connectivity index (χ2n) is 11.4. The first-order valence-electron chi connectivity index (χ1n) is 11.8. The van der Waals surface area contributed by atoms with Gasteiger partial charge in [-0.1, -0.05) is 20.8 Å². The van der Waals surface area contributed by atoms with Gasteiger partial charge in [0.25, 0.3) is 0 Å². The van der Waals surface area contributed by atoms with Crippen LogP contribution in [0.1, 0.15) is 78.6 Å². The molecule has 4 aliphatic carbocycles. The molecule has 4 fully saturated rings. The molecular formula is C24H39ClO4. The van der Waals surface area contributed by atoms with Crippen LogP contribution in [0.4, 0.5) is 0 Å². The average molecular weight is 427 g/mol. The number of hydrogen-bond donors (Lipinski definition) is 3. The lowest BCUT2D eigenvalue weighted by Crippen LogP contribution is -2.62. The number of fused-ring (bicyclic) bond motifs is 5. The van der Waals surface area contributed by atoms with E-state index in [0.717, 1.165) is 51.4 Å². The molecule has 0 aromatic carbocycles. The van der Waals surface area contributed by atoms with Gasteiger partial charge in [0.05, 0.1) is 18.3 Å². The number of rotatable bonds is 4. The van der Waals surface area contributed by atoms with Crippen molar-refractivity contribution < 1.29 is 20.1 Å². The van der Waals surface area contributed by atoms with Crippen LogP contribution < -0.4 is 0 Å². The summed E-state index contributed by atoms with van der Waals surface area (Å²) < 4.78 is 0. The minimum atomic E-state index is -0.370. The lowest BCUT2D eigenvalue weighted by atomic mass is 9.43. The Morgan fingerprint density at radius 3 is 2.48 bits per heavy atom. The van der Waals surface area contributed by atoms with Crippen LogP contribution in [0.25, 0.3) is 0 Å². The molecule has 3 N–H and O–H groups in total. The molecule has 0 saturated heterocycles. The first-order valence-corrected chi connectivity index (χ1v) is 12.2. The van der Waals surface area contributed by atoms with Crippen molar-refractivity contribution in [3.63, 3.8) is 0 Å². The Labute approximate surface area is 180 Å². The fraction of sp³-hybridized carbons (Fsp3) is 0.958. The molecule has 4 nitrogen and oxygen atoms in total. The zero-order valence-electron chi connectivity index (χ0n) is 18.2. The lowest BCUT2D eigenvalue weighted by molar-refractivity contribution is -0.207. The van der Waals surface area contributed by atoms with E-state index in [0.29, 0.717) is 36.0 Å². The van der Waals surface area contributed by atoms with Crippen LogP contribution in [-0.2, 0) is 4.79 Å². The molecule has 0 unspecified atom stereocenters. The Hall–Kier alpha value is -0.160. The number of aliphatic hydroxyl groups is 3. The van der Waals surface area contributed by atoms with Crippen molar-refractivity contribution in [2.24, 2.45) is 46.3 Å². The summed E-state index contributed by atoms with van der Waals surface area (Å²) in [4.78, 5) is 11.3. The van der Waals surface area contributed by atoms with E-state index in [1.807, 2.05) is 0 Å². The van der Waals surface area contributed by atoms with E-state index >= 15 is 0 Å². The van der Waals surface area contributed by atoms with E-state index < -0.39 is 0 Å². The van der Waals surface area contributed by atoms with Crippen LogP contribution in [0.2, 0.25) is 0 Å². The Morgan fingerprint density at radius 1 is 1.07 bits per heavy atom. The number of carbonyl (C=O) groups is 1. The Kier molecular flexibility index (Phi) is 5.90. The summed E-state index contributed by atoms with van der Waals surface area (Å²) in [6, 6.07) is 0. The highest BCUT2D eigenvalue weighted by Gasteiger charge is 2.65. The van der Waals surface area contributed by atoms with Crippen molar-refractivity contribution in [1.82, 2.24) is 0 Å². The van der Waals surface area contributed by atoms with Gasteiger partial charge in [0.1, 0.15) is 0 Å². The molecule has 0 aliphatic heterocycles. The zero-order chi connectivity index (χ0) is 21.1. The van der Waals surface area contributed by atoms with E-state index in [2.05, 4.69) is 20.8 Å². The zero-order valence-corrected chi connectivity index (χ0v) is 18.9. The summed E-state index contributed by atoms with van der Waals surface area (Å²) in [6.07, 6.45) is 6.53. The molecule has 4 rings (SSSR count). The van der Waals surface area contributed by atoms with Crippen LogP contribution in [0, 0.1) is 46.3 Å². The van der Waals surface area contributed by atoms with E-state index in [1.165, 1.54) is 0 Å². The minimum Gasteiger partial charge on any atom is -0.393 e. The van der Waals surface area contributed by atoms with Gasteiger partial charge < -0.3 is 15.3 Å². The largest absolute Gasteiger partial charge is 0.393 e. The third kappa shape index (κ3) is 3.41. The number of hydrogen-bond acceptors (Lipinski definition) is 4. The Morgan fingerprint density at radius 2 is 1.79 bits per heavy atom. The lowest BCUT2D eigenvalue weighted by Gasteiger charge is -2.63. The monoisotopic (exact) mass is 426 g/mol. The van der Waals surface area contributed by atoms with Gasteiger partial charge in [0.2, 0.25) is 5.24 Å². The molecule has 5 heteroatoms. The first kappa shape index (κ1) is 22.0. The van der Waals surface area contributed by atoms with Crippen LogP contribution >= 0.6 is 11.6 Å². The van der Waals surface area contributed by atoms with Crippen molar-refractivity contribution in [2.45, 2.75) is 96.9 Å². The van der Waals surface area contributed by atoms with Crippen molar-refractivity contribution in [3.05, 3.63) is 0 Å². The molecule has 0 aromatic rings. The summed E-state index contributed by atoms with van der Waals surface area (Å²) in [5, 5.41) is 32.7. The van der Waals surface area contributed by atoms with E-state index in [-0.39, 0.29) is 40.3 Å². The quantitative estimate of drug-likeness (QED) is 0.590. The second-order valence-corrected chi connectivity index (χ2v) is 11.8. The molecule has 0 spiro atoms. The average Bonchev–Trinajstić information content (AvgIpc) is 3.01. The SMILES string of the molecule is C[C@H](CCC(=O)Cl)[C@H]1CC[C@H]2[C@@H]3[C@H](O)C[C@@H]4C[C@H](O)CC[C@]4(C)[C@H]3C[C@H](O)[C@]12C. The van der Waals surface area contributed by atoms with Crippen LogP contribution in [0.5, 0.6) is 0 Å². The van der Waals surface area contributed by atoms with E-state index in [9.17, 15) is 20.1 Å². The maximum Gasteiger partial charge on any atom is 0.221 e. The minimum absolute atomic E-state index is 0.111. The molecule has 4 saturated carbocycles. The van der Waals surface area contributed by atoms with Gasteiger partial charge in [-0.15, -0.1) is 0 Å². The van der Waals surface area contributed by atoms with Gasteiger partial charge in [-0.2, -0.15) is 0 Å². The van der Waals surface area contributed by atoms with Crippen LogP contribution in [0.3, 0.4) is 0 Å². The molecule has 0 radical (unpaired) electrons. The summed E-state index contributed by atoms with van der Waals surface area (Å²) in [7, 11) is 0. The first-order chi connectivity index (χ1) is 13.6. The molecule has 0 aromatic heterocycles. The molecular weight excluding hydrogens is 388 g/mol. The summed E-state index contributed by atoms with van der Waals surface area (Å²) in [6.45, 7) is 6.82. The summed E-state index contributed by atoms with van der Waals surface area (Å²) in [5.41, 5.74) is -0.0888. The molecule has 166 valence electrons. The van der Waals surface area contributed by atoms with E-state index in [1.54, 1.807) is 0 Å². The molecule has 4 aliphatic rings. The Bertz CT molecular complexity index is 640. The van der Waals surface area contributed by atoms with Crippen LogP contribution in [-0.4, -0.2) is 38.9 Å². The summed E-state index contributed by atoms with van der Waals surface area (Å²) in [5.74, 6) is 1.96. The highest BCUT2D eigenvalue weighted by Crippen LogP contribution is 2.68. The number of halogens is 1. The van der Waals surface area contributed by atoms with Gasteiger partial charge in [-0.05, 0) is 109 Å². The molecule has 0 heterocycles. The molecule has 0 bridgehead atoms. The third-order valence-electron chi connectivity index (χ3n) is 10.3. The van der Waals surface area contributed by atoms with Gasteiger partial charge in [0.15, 0.2) is 0 Å². The second kappa shape index (κ2) is 7.76. The fourth-order valence-electron chi connectivity index (χ4n) is 8.67. The fourth-order valence-corrected chi connectivity index (χ4v) is 8.78. The molecule has 0 amide bonds. The maximum atomic E-state index is 11.5. The van der Waals surface area contributed by atoms with Gasteiger partial charge in [-0.25, -0.2) is 0 Å². The third-order valence-corrected chi connectivity index (χ3v) is 10.5. The smallest absolute Gasteiger partial charge is 0.221 e. The highest BCUT2D eigenvalue weighted by atomic mass is 35.5. The van der Waals surface area contributed by atoms with Crippen molar-refractivity contribution in [1.29, 1.82) is 0 Å². The molecule has 11 atom stereocenters. The van der Waals surface area contributed by atoms with Crippen LogP contribution in [0.15, 0.2) is 0 Å². The van der Waals surface area contributed by atoms with Crippen molar-refractivity contribution in [2.75, 3.05) is 0 Å². The predicted molar refractivity (Wildman–Crippen MR) is 113 cm³/mol. The maximum absolute atomic E-state index is 11.5. The van der Waals surface area contributed by atoms with Gasteiger partial charge in [-0.3, -0.25) is 4.79 Å². The van der Waals surface area contributed by atoms with Crippen molar-refractivity contribution >= 4 is 16.8 Å². The standard InChI is InChI=1S/C24H39ClO4/c1-13(4-7-21(25)29)16-5-6-17-22-18(12-20(28)24(16,17)3)23(2)9-8-15(26)10-14(23)11-19(22)27/h13-20,22,26-28H,4-12H2,1-3H3/t13-,14+,15-,16-,17+,18+,19-,20+,22+,23+,24-/m1/s1. The molecule has 29 heavy (non-hydrogen) atoms.